The maximum atomic E-state index is 13.3. The number of aliphatic carboxylic acids is 1. The Morgan fingerprint density at radius 3 is 2.59 bits per heavy atom. The third-order valence-electron chi connectivity index (χ3n) is 5.03. The summed E-state index contributed by atoms with van der Waals surface area (Å²) in [5.41, 5.74) is 2.67. The highest BCUT2D eigenvalue weighted by Crippen LogP contribution is 2.28. The summed E-state index contributed by atoms with van der Waals surface area (Å²) in [6.45, 7) is 0.208. The number of hydrogen-bond acceptors (Lipinski definition) is 3. The summed E-state index contributed by atoms with van der Waals surface area (Å²) in [5.74, 6) is -1.34. The number of hydrogen-bond donors (Lipinski definition) is 1. The molecule has 0 radical (unpaired) electrons. The third-order valence-corrected chi connectivity index (χ3v) is 5.03. The second kappa shape index (κ2) is 6.58. The molecule has 1 N–H and O–H groups in total. The fraction of sp³-hybridized carbons (Fsp3) is 0.136. The van der Waals surface area contributed by atoms with E-state index in [0.29, 0.717) is 11.1 Å². The van der Waals surface area contributed by atoms with Crippen molar-refractivity contribution in [3.63, 3.8) is 0 Å². The number of benzene rings is 3. The van der Waals surface area contributed by atoms with Gasteiger partial charge < -0.3 is 10.0 Å². The molecule has 1 aliphatic rings. The first-order valence-electron chi connectivity index (χ1n) is 8.62. The number of carboxylic acid groups (broad SMARTS) is 1. The first kappa shape index (κ1) is 16.8. The van der Waals surface area contributed by atoms with Gasteiger partial charge in [0.2, 0.25) is 0 Å². The van der Waals surface area contributed by atoms with Crippen molar-refractivity contribution < 1.29 is 14.7 Å². The van der Waals surface area contributed by atoms with Crippen LogP contribution in [0.5, 0.6) is 0 Å². The lowest BCUT2D eigenvalue weighted by Gasteiger charge is -2.34. The summed E-state index contributed by atoms with van der Waals surface area (Å²) < 4.78 is 0. The van der Waals surface area contributed by atoms with Crippen molar-refractivity contribution in [3.05, 3.63) is 82.9 Å². The van der Waals surface area contributed by atoms with E-state index in [1.54, 1.807) is 24.3 Å². The Morgan fingerprint density at radius 1 is 1.04 bits per heavy atom. The molecule has 3 aromatic rings. The van der Waals surface area contributed by atoms with Crippen LogP contribution in [0.3, 0.4) is 0 Å². The Labute approximate surface area is 156 Å². The van der Waals surface area contributed by atoms with E-state index in [0.717, 1.165) is 21.9 Å². The number of nitrogens with zero attached hydrogens (tertiary/aromatic N) is 2. The molecule has 1 aliphatic heterocycles. The highest BCUT2D eigenvalue weighted by Gasteiger charge is 2.35. The van der Waals surface area contributed by atoms with E-state index in [2.05, 4.69) is 6.07 Å². The van der Waals surface area contributed by atoms with Gasteiger partial charge in [-0.2, -0.15) is 5.26 Å². The molecule has 5 heteroatoms. The van der Waals surface area contributed by atoms with E-state index < -0.39 is 12.0 Å². The van der Waals surface area contributed by atoms with Crippen molar-refractivity contribution in [1.29, 1.82) is 5.26 Å². The summed E-state index contributed by atoms with van der Waals surface area (Å²) in [7, 11) is 0. The minimum atomic E-state index is -1.04. The van der Waals surface area contributed by atoms with Gasteiger partial charge in [0.1, 0.15) is 6.04 Å². The molecule has 132 valence electrons. The lowest BCUT2D eigenvalue weighted by atomic mass is 9.91. The van der Waals surface area contributed by atoms with Crippen molar-refractivity contribution in [1.82, 2.24) is 4.90 Å². The average molecular weight is 356 g/mol. The summed E-state index contributed by atoms with van der Waals surface area (Å²) in [6, 6.07) is 19.4. The fourth-order valence-corrected chi connectivity index (χ4v) is 3.65. The molecule has 0 saturated heterocycles. The van der Waals surface area contributed by atoms with Gasteiger partial charge in [0.25, 0.3) is 5.91 Å². The number of rotatable bonds is 2. The van der Waals surface area contributed by atoms with Gasteiger partial charge in [-0.3, -0.25) is 4.79 Å². The van der Waals surface area contributed by atoms with Crippen LogP contribution in [-0.2, 0) is 17.8 Å². The van der Waals surface area contributed by atoms with Gasteiger partial charge in [-0.1, -0.05) is 42.5 Å². The highest BCUT2D eigenvalue weighted by atomic mass is 16.4. The fourth-order valence-electron chi connectivity index (χ4n) is 3.65. The van der Waals surface area contributed by atoms with Gasteiger partial charge >= 0.3 is 5.97 Å². The topological polar surface area (TPSA) is 81.4 Å². The van der Waals surface area contributed by atoms with Gasteiger partial charge in [-0.25, -0.2) is 4.79 Å². The third kappa shape index (κ3) is 2.91. The van der Waals surface area contributed by atoms with E-state index in [9.17, 15) is 14.7 Å². The average Bonchev–Trinajstić information content (AvgIpc) is 2.71. The SMILES string of the molecule is N#Cc1ccc2c(c1)C[C@@H](C(=O)O)N(C(=O)c1cccc3ccccc13)C2. The minimum Gasteiger partial charge on any atom is -0.480 e. The van der Waals surface area contributed by atoms with Gasteiger partial charge in [0.05, 0.1) is 11.6 Å². The minimum absolute atomic E-state index is 0.191. The van der Waals surface area contributed by atoms with Crippen LogP contribution >= 0.6 is 0 Å². The molecule has 0 spiro atoms. The van der Waals surface area contributed by atoms with Crippen molar-refractivity contribution in [3.8, 4) is 6.07 Å². The van der Waals surface area contributed by atoms with Crippen LogP contribution in [0, 0.1) is 11.3 Å². The molecule has 0 unspecified atom stereocenters. The molecule has 1 heterocycles. The molecular weight excluding hydrogens is 340 g/mol. The molecule has 0 aromatic heterocycles. The van der Waals surface area contributed by atoms with E-state index in [-0.39, 0.29) is 18.9 Å². The normalized spacial score (nSPS) is 15.8. The Balaban J connectivity index is 1.77. The predicted molar refractivity (Wildman–Crippen MR) is 100 cm³/mol. The maximum absolute atomic E-state index is 13.3. The van der Waals surface area contributed by atoms with E-state index in [4.69, 9.17) is 5.26 Å². The zero-order valence-corrected chi connectivity index (χ0v) is 14.4. The van der Waals surface area contributed by atoms with Crippen LogP contribution in [0.15, 0.2) is 60.7 Å². The maximum Gasteiger partial charge on any atom is 0.326 e. The first-order valence-corrected chi connectivity index (χ1v) is 8.62. The van der Waals surface area contributed by atoms with Crippen molar-refractivity contribution in [2.45, 2.75) is 19.0 Å². The Bertz CT molecular complexity index is 1110. The first-order chi connectivity index (χ1) is 13.1. The van der Waals surface area contributed by atoms with Crippen molar-refractivity contribution >= 4 is 22.6 Å². The van der Waals surface area contributed by atoms with Crippen LogP contribution in [0.25, 0.3) is 10.8 Å². The molecule has 0 fully saturated rings. The summed E-state index contributed by atoms with van der Waals surface area (Å²) >= 11 is 0. The smallest absolute Gasteiger partial charge is 0.326 e. The molecule has 3 aromatic carbocycles. The van der Waals surface area contributed by atoms with Crippen LogP contribution in [0.2, 0.25) is 0 Å². The van der Waals surface area contributed by atoms with Crippen LogP contribution in [0.4, 0.5) is 0 Å². The van der Waals surface area contributed by atoms with Gasteiger partial charge in [-0.05, 0) is 40.1 Å². The van der Waals surface area contributed by atoms with Crippen LogP contribution in [0.1, 0.15) is 27.0 Å². The van der Waals surface area contributed by atoms with E-state index >= 15 is 0 Å². The molecule has 4 rings (SSSR count). The second-order valence-electron chi connectivity index (χ2n) is 6.61. The molecular formula is C22H16N2O3. The molecule has 1 atom stereocenters. The van der Waals surface area contributed by atoms with Crippen LogP contribution < -0.4 is 0 Å². The molecule has 0 bridgehead atoms. The van der Waals surface area contributed by atoms with Crippen LogP contribution in [-0.4, -0.2) is 27.9 Å². The van der Waals surface area contributed by atoms with Gasteiger partial charge in [0, 0.05) is 18.5 Å². The number of carboxylic acids is 1. The summed E-state index contributed by atoms with van der Waals surface area (Å²) in [4.78, 5) is 26.6. The molecule has 27 heavy (non-hydrogen) atoms. The molecule has 0 saturated carbocycles. The van der Waals surface area contributed by atoms with E-state index in [1.807, 2.05) is 36.4 Å². The Morgan fingerprint density at radius 2 is 1.81 bits per heavy atom. The monoisotopic (exact) mass is 356 g/mol. The van der Waals surface area contributed by atoms with E-state index in [1.165, 1.54) is 4.90 Å². The Kier molecular flexibility index (Phi) is 4.09. The number of nitriles is 1. The number of carbonyl (C=O) groups is 2. The Hall–Kier alpha value is -3.65. The lowest BCUT2D eigenvalue weighted by Crippen LogP contribution is -2.48. The van der Waals surface area contributed by atoms with Crippen molar-refractivity contribution in [2.75, 3.05) is 0 Å². The molecule has 5 nitrogen and oxygen atoms in total. The quantitative estimate of drug-likeness (QED) is 0.763. The zero-order valence-electron chi connectivity index (χ0n) is 14.4. The summed E-state index contributed by atoms with van der Waals surface area (Å²) in [6.07, 6.45) is 0.191. The summed E-state index contributed by atoms with van der Waals surface area (Å²) in [5, 5.41) is 20.5. The highest BCUT2D eigenvalue weighted by molar-refractivity contribution is 6.08. The number of fused-ring (bicyclic) bond motifs is 2. The largest absolute Gasteiger partial charge is 0.480 e. The number of carbonyl (C=O) groups excluding carboxylic acids is 1. The standard InChI is InChI=1S/C22H16N2O3/c23-12-14-8-9-16-13-24(20(22(26)27)11-17(16)10-14)21(25)19-7-3-5-15-4-1-2-6-18(15)19/h1-10,20H,11,13H2,(H,26,27)/t20-/m0/s1. The lowest BCUT2D eigenvalue weighted by molar-refractivity contribution is -0.142. The second-order valence-corrected chi connectivity index (χ2v) is 6.61. The molecule has 0 aliphatic carbocycles. The predicted octanol–water partition coefficient (Wildman–Crippen LogP) is 3.36. The zero-order chi connectivity index (χ0) is 19.0. The van der Waals surface area contributed by atoms with Gasteiger partial charge in [-0.15, -0.1) is 0 Å². The van der Waals surface area contributed by atoms with Gasteiger partial charge in [0.15, 0.2) is 0 Å². The molecule has 1 amide bonds. The van der Waals surface area contributed by atoms with Crippen molar-refractivity contribution in [2.24, 2.45) is 0 Å². The number of amides is 1.